The van der Waals surface area contributed by atoms with Gasteiger partial charge in [0.15, 0.2) is 5.13 Å². The molecule has 1 saturated heterocycles. The summed E-state index contributed by atoms with van der Waals surface area (Å²) in [4.78, 5) is 22.4. The molecule has 1 atom stereocenters. The number of nitrogens with one attached hydrogen (secondary N) is 1. The van der Waals surface area contributed by atoms with Gasteiger partial charge in [-0.2, -0.15) is 13.2 Å². The van der Waals surface area contributed by atoms with E-state index in [2.05, 4.69) is 20.2 Å². The van der Waals surface area contributed by atoms with E-state index >= 15 is 0 Å². The Kier molecular flexibility index (Phi) is 6.11. The second-order valence-corrected chi connectivity index (χ2v) is 7.96. The number of pyridine rings is 1. The number of hydrogen-bond donors (Lipinski definition) is 1. The smallest absolute Gasteiger partial charge is 0.302 e. The third kappa shape index (κ3) is 5.74. The molecular weight excluding hydrogens is 377 g/mol. The summed E-state index contributed by atoms with van der Waals surface area (Å²) < 4.78 is 38.6. The van der Waals surface area contributed by atoms with E-state index in [1.54, 1.807) is 6.20 Å². The zero-order chi connectivity index (χ0) is 19.4. The number of carbonyl (C=O) groups excluding carboxylic acids is 1. The quantitative estimate of drug-likeness (QED) is 0.828. The summed E-state index contributed by atoms with van der Waals surface area (Å²) in [5.74, 6) is 0.149. The molecule has 27 heavy (non-hydrogen) atoms. The molecule has 1 fully saturated rings. The lowest BCUT2D eigenvalue weighted by atomic mass is 9.91. The standard InChI is InChI=1S/C18H21F3N4OS/c1-12(26)24-17-23-9-16(27-17)11-25-4-2-3-13(10-25)5-14-6-15(8-22-7-14)18(19,20)21/h6-9,13H,2-5,10-11H2,1H3,(H,23,24,26). The second-order valence-electron chi connectivity index (χ2n) is 6.84. The SMILES string of the molecule is CC(=O)Nc1ncc(CN2CCCC(Cc3cncc(C(F)(F)F)c3)C2)s1. The minimum atomic E-state index is -4.36. The zero-order valence-electron chi connectivity index (χ0n) is 14.9. The van der Waals surface area contributed by atoms with Crippen molar-refractivity contribution in [2.45, 2.75) is 38.9 Å². The first-order valence-corrected chi connectivity index (χ1v) is 9.57. The Morgan fingerprint density at radius 1 is 1.37 bits per heavy atom. The fourth-order valence-corrected chi connectivity index (χ4v) is 4.26. The molecule has 1 aliphatic heterocycles. The van der Waals surface area contributed by atoms with Crippen LogP contribution in [0.5, 0.6) is 0 Å². The van der Waals surface area contributed by atoms with Gasteiger partial charge in [-0.3, -0.25) is 14.7 Å². The number of likely N-dealkylation sites (tertiary alicyclic amines) is 1. The summed E-state index contributed by atoms with van der Waals surface area (Å²) in [5.41, 5.74) is -0.0646. The van der Waals surface area contributed by atoms with Gasteiger partial charge < -0.3 is 5.32 Å². The molecule has 3 rings (SSSR count). The number of hydrogen-bond acceptors (Lipinski definition) is 5. The van der Waals surface area contributed by atoms with Gasteiger partial charge in [-0.1, -0.05) is 0 Å². The molecule has 0 saturated carbocycles. The number of aromatic nitrogens is 2. The van der Waals surface area contributed by atoms with E-state index in [1.807, 2.05) is 0 Å². The summed E-state index contributed by atoms with van der Waals surface area (Å²) in [6.45, 7) is 3.95. The molecular formula is C18H21F3N4OS. The summed E-state index contributed by atoms with van der Waals surface area (Å²) in [6.07, 6.45) is 2.38. The van der Waals surface area contributed by atoms with Crippen LogP contribution in [0.4, 0.5) is 18.3 Å². The van der Waals surface area contributed by atoms with Gasteiger partial charge in [0.05, 0.1) is 5.56 Å². The maximum Gasteiger partial charge on any atom is 0.417 e. The normalized spacial score (nSPS) is 18.4. The minimum Gasteiger partial charge on any atom is -0.302 e. The Bertz CT molecular complexity index is 793. The predicted molar refractivity (Wildman–Crippen MR) is 97.4 cm³/mol. The number of thiazole rings is 1. The van der Waals surface area contributed by atoms with Crippen molar-refractivity contribution in [1.29, 1.82) is 0 Å². The molecule has 1 unspecified atom stereocenters. The summed E-state index contributed by atoms with van der Waals surface area (Å²) in [5, 5.41) is 3.26. The van der Waals surface area contributed by atoms with E-state index in [0.29, 0.717) is 23.0 Å². The lowest BCUT2D eigenvalue weighted by Gasteiger charge is -2.32. The molecule has 9 heteroatoms. The van der Waals surface area contributed by atoms with Crippen molar-refractivity contribution in [2.24, 2.45) is 5.92 Å². The van der Waals surface area contributed by atoms with Crippen LogP contribution in [0.15, 0.2) is 24.7 Å². The van der Waals surface area contributed by atoms with Gasteiger partial charge in [0.1, 0.15) is 0 Å². The molecule has 1 amide bonds. The fraction of sp³-hybridized carbons (Fsp3) is 0.500. The number of rotatable bonds is 5. The number of piperidine rings is 1. The molecule has 2 aromatic rings. The van der Waals surface area contributed by atoms with Crippen molar-refractivity contribution >= 4 is 22.4 Å². The van der Waals surface area contributed by atoms with Crippen molar-refractivity contribution in [1.82, 2.24) is 14.9 Å². The molecule has 1 aliphatic rings. The van der Waals surface area contributed by atoms with E-state index in [9.17, 15) is 18.0 Å². The van der Waals surface area contributed by atoms with Gasteiger partial charge in [0, 0.05) is 43.5 Å². The fourth-order valence-electron chi connectivity index (χ4n) is 3.36. The first kappa shape index (κ1) is 19.8. The van der Waals surface area contributed by atoms with E-state index in [-0.39, 0.29) is 5.91 Å². The summed E-state index contributed by atoms with van der Waals surface area (Å²) >= 11 is 1.45. The largest absolute Gasteiger partial charge is 0.417 e. The molecule has 0 bridgehead atoms. The maximum atomic E-state index is 12.9. The second kappa shape index (κ2) is 8.35. The molecule has 1 N–H and O–H groups in total. The van der Waals surface area contributed by atoms with Gasteiger partial charge in [-0.15, -0.1) is 11.3 Å². The average Bonchev–Trinajstić information content (AvgIpc) is 3.01. The van der Waals surface area contributed by atoms with Crippen LogP contribution in [0.3, 0.4) is 0 Å². The Morgan fingerprint density at radius 3 is 2.93 bits per heavy atom. The predicted octanol–water partition coefficient (Wildman–Crippen LogP) is 3.97. The van der Waals surface area contributed by atoms with Crippen molar-refractivity contribution in [3.63, 3.8) is 0 Å². The third-order valence-electron chi connectivity index (χ3n) is 4.47. The maximum absolute atomic E-state index is 12.9. The molecule has 2 aromatic heterocycles. The summed E-state index contributed by atoms with van der Waals surface area (Å²) in [6, 6.07) is 1.20. The molecule has 0 spiro atoms. The van der Waals surface area contributed by atoms with E-state index in [4.69, 9.17) is 0 Å². The van der Waals surface area contributed by atoms with Crippen LogP contribution >= 0.6 is 11.3 Å². The van der Waals surface area contributed by atoms with E-state index < -0.39 is 11.7 Å². The molecule has 0 aliphatic carbocycles. The van der Waals surface area contributed by atoms with Crippen molar-refractivity contribution in [2.75, 3.05) is 18.4 Å². The Hall–Kier alpha value is -2.00. The molecule has 0 aromatic carbocycles. The number of nitrogens with zero attached hydrogens (tertiary/aromatic N) is 3. The Balaban J connectivity index is 1.58. The monoisotopic (exact) mass is 398 g/mol. The Morgan fingerprint density at radius 2 is 2.19 bits per heavy atom. The van der Waals surface area contributed by atoms with Gasteiger partial charge >= 0.3 is 6.18 Å². The number of amides is 1. The lowest BCUT2D eigenvalue weighted by Crippen LogP contribution is -2.35. The molecule has 3 heterocycles. The highest BCUT2D eigenvalue weighted by atomic mass is 32.1. The van der Waals surface area contributed by atoms with E-state index in [1.165, 1.54) is 30.5 Å². The average molecular weight is 398 g/mol. The van der Waals surface area contributed by atoms with Crippen LogP contribution in [0.2, 0.25) is 0 Å². The zero-order valence-corrected chi connectivity index (χ0v) is 15.7. The molecule has 146 valence electrons. The molecule has 0 radical (unpaired) electrons. The van der Waals surface area contributed by atoms with Crippen molar-refractivity contribution < 1.29 is 18.0 Å². The highest BCUT2D eigenvalue weighted by Crippen LogP contribution is 2.30. The van der Waals surface area contributed by atoms with Gasteiger partial charge in [-0.05, 0) is 43.4 Å². The van der Waals surface area contributed by atoms with Crippen LogP contribution in [0.25, 0.3) is 0 Å². The lowest BCUT2D eigenvalue weighted by molar-refractivity contribution is -0.137. The van der Waals surface area contributed by atoms with Gasteiger partial charge in [0.2, 0.25) is 5.91 Å². The van der Waals surface area contributed by atoms with Crippen LogP contribution in [0, 0.1) is 5.92 Å². The number of halogens is 3. The van der Waals surface area contributed by atoms with Gasteiger partial charge in [0.25, 0.3) is 0 Å². The molecule has 5 nitrogen and oxygen atoms in total. The van der Waals surface area contributed by atoms with Crippen LogP contribution < -0.4 is 5.32 Å². The topological polar surface area (TPSA) is 58.1 Å². The first-order valence-electron chi connectivity index (χ1n) is 8.75. The first-order chi connectivity index (χ1) is 12.8. The minimum absolute atomic E-state index is 0.149. The van der Waals surface area contributed by atoms with Crippen LogP contribution in [-0.2, 0) is 23.9 Å². The van der Waals surface area contributed by atoms with E-state index in [0.717, 1.165) is 43.5 Å². The summed E-state index contributed by atoms with van der Waals surface area (Å²) in [7, 11) is 0. The number of carbonyl (C=O) groups is 1. The number of alkyl halides is 3. The highest BCUT2D eigenvalue weighted by Gasteiger charge is 2.31. The Labute approximate surface area is 159 Å². The van der Waals surface area contributed by atoms with Crippen LogP contribution in [-0.4, -0.2) is 33.9 Å². The van der Waals surface area contributed by atoms with Crippen molar-refractivity contribution in [3.8, 4) is 0 Å². The van der Waals surface area contributed by atoms with Crippen molar-refractivity contribution in [3.05, 3.63) is 40.7 Å². The highest BCUT2D eigenvalue weighted by molar-refractivity contribution is 7.15. The third-order valence-corrected chi connectivity index (χ3v) is 5.36. The van der Waals surface area contributed by atoms with Crippen LogP contribution in [0.1, 0.15) is 35.8 Å². The van der Waals surface area contributed by atoms with Gasteiger partial charge in [-0.25, -0.2) is 4.98 Å². The number of anilines is 1.